The maximum atomic E-state index is 11.1. The molecule has 0 radical (unpaired) electrons. The maximum Gasteiger partial charge on any atom is 0.272 e. The Bertz CT molecular complexity index is 530. The number of aryl methyl sites for hydroxylation is 1. The normalized spacial score (nSPS) is 28.2. The van der Waals surface area contributed by atoms with Crippen LogP contribution < -0.4 is 5.32 Å². The first-order valence-corrected chi connectivity index (χ1v) is 7.92. The van der Waals surface area contributed by atoms with Gasteiger partial charge in [-0.3, -0.25) is 10.1 Å². The van der Waals surface area contributed by atoms with Gasteiger partial charge in [-0.25, -0.2) is 0 Å². The fourth-order valence-electron chi connectivity index (χ4n) is 3.54. The smallest absolute Gasteiger partial charge is 0.272 e. The van der Waals surface area contributed by atoms with Crippen molar-refractivity contribution in [3.8, 4) is 0 Å². The Balaban J connectivity index is 2.23. The zero-order chi connectivity index (χ0) is 15.6. The van der Waals surface area contributed by atoms with Crippen LogP contribution in [0.1, 0.15) is 57.1 Å². The first-order chi connectivity index (χ1) is 9.93. The highest BCUT2D eigenvalue weighted by Crippen LogP contribution is 2.55. The number of benzene rings is 1. The monoisotopic (exact) mass is 290 g/mol. The van der Waals surface area contributed by atoms with Crippen LogP contribution in [0.2, 0.25) is 0 Å². The number of nitro groups is 1. The van der Waals surface area contributed by atoms with E-state index in [0.717, 1.165) is 36.9 Å². The summed E-state index contributed by atoms with van der Waals surface area (Å²) in [7, 11) is 0. The van der Waals surface area contributed by atoms with Gasteiger partial charge in [0.1, 0.15) is 0 Å². The van der Waals surface area contributed by atoms with Gasteiger partial charge in [0.25, 0.3) is 5.69 Å². The van der Waals surface area contributed by atoms with E-state index >= 15 is 0 Å². The highest BCUT2D eigenvalue weighted by atomic mass is 16.6. The Morgan fingerprint density at radius 3 is 2.71 bits per heavy atom. The van der Waals surface area contributed by atoms with E-state index in [0.29, 0.717) is 12.0 Å². The van der Waals surface area contributed by atoms with E-state index in [9.17, 15) is 10.1 Å². The van der Waals surface area contributed by atoms with Crippen molar-refractivity contribution in [3.05, 3.63) is 39.4 Å². The molecule has 1 aromatic rings. The maximum absolute atomic E-state index is 11.1. The van der Waals surface area contributed by atoms with E-state index < -0.39 is 0 Å². The molecule has 3 unspecified atom stereocenters. The largest absolute Gasteiger partial charge is 0.313 e. The van der Waals surface area contributed by atoms with Gasteiger partial charge in [0.15, 0.2) is 0 Å². The third kappa shape index (κ3) is 2.82. The molecule has 1 aromatic carbocycles. The Morgan fingerprint density at radius 2 is 2.14 bits per heavy atom. The van der Waals surface area contributed by atoms with Gasteiger partial charge in [-0.05, 0) is 49.6 Å². The minimum Gasteiger partial charge on any atom is -0.313 e. The summed E-state index contributed by atoms with van der Waals surface area (Å²) in [5.74, 6) is 0.413. The fourth-order valence-corrected chi connectivity index (χ4v) is 3.54. The zero-order valence-electron chi connectivity index (χ0n) is 13.5. The predicted molar refractivity (Wildman–Crippen MR) is 85.7 cm³/mol. The van der Waals surface area contributed by atoms with Crippen molar-refractivity contribution in [2.24, 2.45) is 5.41 Å². The van der Waals surface area contributed by atoms with Crippen molar-refractivity contribution in [1.29, 1.82) is 0 Å². The number of nitro benzene ring substituents is 1. The molecule has 0 amide bonds. The molecule has 21 heavy (non-hydrogen) atoms. The van der Waals surface area contributed by atoms with E-state index in [2.05, 4.69) is 32.2 Å². The molecular weight excluding hydrogens is 264 g/mol. The van der Waals surface area contributed by atoms with E-state index in [1.807, 2.05) is 6.07 Å². The Hall–Kier alpha value is -1.42. The van der Waals surface area contributed by atoms with Gasteiger partial charge in [-0.1, -0.05) is 32.9 Å². The lowest BCUT2D eigenvalue weighted by Crippen LogP contribution is -2.56. The van der Waals surface area contributed by atoms with Crippen LogP contribution in [0.4, 0.5) is 5.69 Å². The van der Waals surface area contributed by atoms with Crippen molar-refractivity contribution in [1.82, 2.24) is 5.32 Å². The van der Waals surface area contributed by atoms with Crippen LogP contribution in [-0.4, -0.2) is 17.5 Å². The quantitative estimate of drug-likeness (QED) is 0.631. The van der Waals surface area contributed by atoms with Gasteiger partial charge in [-0.15, -0.1) is 0 Å². The van der Waals surface area contributed by atoms with E-state index in [4.69, 9.17) is 0 Å². The molecule has 1 saturated carbocycles. The second-order valence-electron chi connectivity index (χ2n) is 6.46. The number of nitrogens with zero attached hydrogens (tertiary/aromatic N) is 1. The van der Waals surface area contributed by atoms with Gasteiger partial charge in [-0.2, -0.15) is 0 Å². The zero-order valence-corrected chi connectivity index (χ0v) is 13.5. The van der Waals surface area contributed by atoms with Crippen molar-refractivity contribution in [2.75, 3.05) is 6.54 Å². The lowest BCUT2D eigenvalue weighted by molar-refractivity contribution is -0.385. The van der Waals surface area contributed by atoms with Crippen LogP contribution in [0, 0.1) is 22.5 Å². The third-order valence-corrected chi connectivity index (χ3v) is 5.30. The molecule has 116 valence electrons. The summed E-state index contributed by atoms with van der Waals surface area (Å²) in [5.41, 5.74) is 2.29. The van der Waals surface area contributed by atoms with Gasteiger partial charge < -0.3 is 5.32 Å². The molecule has 0 spiro atoms. The average molecular weight is 290 g/mol. The van der Waals surface area contributed by atoms with Crippen molar-refractivity contribution < 1.29 is 4.92 Å². The third-order valence-electron chi connectivity index (χ3n) is 5.30. The summed E-state index contributed by atoms with van der Waals surface area (Å²) in [6, 6.07) is 6.25. The average Bonchev–Trinajstić information content (AvgIpc) is 2.46. The van der Waals surface area contributed by atoms with Gasteiger partial charge in [0, 0.05) is 17.7 Å². The highest BCUT2D eigenvalue weighted by molar-refractivity contribution is 5.45. The number of rotatable bonds is 6. The Morgan fingerprint density at radius 1 is 1.43 bits per heavy atom. The van der Waals surface area contributed by atoms with E-state index in [1.165, 1.54) is 0 Å². The molecule has 1 fully saturated rings. The molecule has 0 bridgehead atoms. The molecule has 4 nitrogen and oxygen atoms in total. The molecular formula is C17H26N2O2. The first-order valence-electron chi connectivity index (χ1n) is 7.92. The SMILES string of the molecule is CCCNC1CC(c2ccc(C)c([N+](=O)[O-])c2)C1(C)CC. The molecule has 1 aliphatic rings. The summed E-state index contributed by atoms with van der Waals surface area (Å²) < 4.78 is 0. The molecule has 1 aliphatic carbocycles. The Kier molecular flexibility index (Phi) is 4.67. The number of nitrogens with one attached hydrogen (secondary N) is 1. The molecule has 0 aliphatic heterocycles. The van der Waals surface area contributed by atoms with Crippen molar-refractivity contribution >= 4 is 5.69 Å². The van der Waals surface area contributed by atoms with E-state index in [-0.39, 0.29) is 16.0 Å². The number of hydrogen-bond acceptors (Lipinski definition) is 3. The van der Waals surface area contributed by atoms with Gasteiger partial charge >= 0.3 is 0 Å². The highest BCUT2D eigenvalue weighted by Gasteiger charge is 2.50. The summed E-state index contributed by atoms with van der Waals surface area (Å²) in [6.07, 6.45) is 3.29. The molecule has 1 N–H and O–H groups in total. The van der Waals surface area contributed by atoms with Crippen molar-refractivity contribution in [3.63, 3.8) is 0 Å². The number of hydrogen-bond donors (Lipinski definition) is 1. The van der Waals surface area contributed by atoms with Crippen LogP contribution in [0.3, 0.4) is 0 Å². The molecule has 4 heteroatoms. The van der Waals surface area contributed by atoms with Crippen LogP contribution in [0.5, 0.6) is 0 Å². The minimum absolute atomic E-state index is 0.193. The topological polar surface area (TPSA) is 55.2 Å². The second-order valence-corrected chi connectivity index (χ2v) is 6.46. The van der Waals surface area contributed by atoms with Crippen molar-refractivity contribution in [2.45, 2.75) is 58.9 Å². The lowest BCUT2D eigenvalue weighted by Gasteiger charge is -2.55. The van der Waals surface area contributed by atoms with Crippen LogP contribution >= 0.6 is 0 Å². The molecule has 2 rings (SSSR count). The molecule has 0 saturated heterocycles. The second kappa shape index (κ2) is 6.14. The van der Waals surface area contributed by atoms with E-state index in [1.54, 1.807) is 13.0 Å². The lowest BCUT2D eigenvalue weighted by atomic mass is 9.54. The van der Waals surface area contributed by atoms with Crippen LogP contribution in [0.15, 0.2) is 18.2 Å². The summed E-state index contributed by atoms with van der Waals surface area (Å²) in [6.45, 7) is 9.54. The fraction of sp³-hybridized carbons (Fsp3) is 0.647. The van der Waals surface area contributed by atoms with Crippen LogP contribution in [-0.2, 0) is 0 Å². The van der Waals surface area contributed by atoms with Crippen LogP contribution in [0.25, 0.3) is 0 Å². The standard InChI is InChI=1S/C17H26N2O2/c1-5-9-18-16-11-14(17(16,4)6-2)13-8-7-12(3)15(10-13)19(20)21/h7-8,10,14,16,18H,5-6,9,11H2,1-4H3. The van der Waals surface area contributed by atoms with Gasteiger partial charge in [0.05, 0.1) is 4.92 Å². The minimum atomic E-state index is -0.270. The first kappa shape index (κ1) is 16.0. The summed E-state index contributed by atoms with van der Waals surface area (Å²) in [4.78, 5) is 10.9. The predicted octanol–water partition coefficient (Wildman–Crippen LogP) is 4.18. The Labute approximate surface area is 127 Å². The molecule has 3 atom stereocenters. The van der Waals surface area contributed by atoms with Gasteiger partial charge in [0.2, 0.25) is 0 Å². The molecule has 0 heterocycles. The molecule has 0 aromatic heterocycles. The summed E-state index contributed by atoms with van der Waals surface area (Å²) >= 11 is 0. The summed E-state index contributed by atoms with van der Waals surface area (Å²) in [5, 5.41) is 14.8.